The zero-order valence-electron chi connectivity index (χ0n) is 6.10. The van der Waals surface area contributed by atoms with Crippen LogP contribution in [0.25, 0.3) is 11.1 Å². The average Bonchev–Trinajstić information content (AvgIpc) is 2.55. The van der Waals surface area contributed by atoms with Gasteiger partial charge < -0.3 is 14.5 Å². The average molecular weight is 187 g/mol. The molecule has 13 heavy (non-hydrogen) atoms. The van der Waals surface area contributed by atoms with Crippen molar-refractivity contribution in [3.05, 3.63) is 23.6 Å². The summed E-state index contributed by atoms with van der Waals surface area (Å²) in [5.41, 5.74) is -1.38. The Balaban J connectivity index is 2.81. The molecule has 0 atom stereocenters. The van der Waals surface area contributed by atoms with Crippen molar-refractivity contribution in [3.8, 4) is 0 Å². The molecule has 0 aromatic carbocycles. The molecule has 0 aliphatic heterocycles. The van der Waals surface area contributed by atoms with Gasteiger partial charge in [-0.3, -0.25) is 0 Å². The standard InChI is InChI=1S/C7H3F2NO3/c8-2-1-13-6-3(9)5(7(11)12)10-4(2)6/h1,10H,(H,11,12). The SMILES string of the molecule is O=C(O)c1[nH]c2c(F)coc2c1F. The number of nitrogens with one attached hydrogen (secondary N) is 1. The van der Waals surface area contributed by atoms with Gasteiger partial charge in [0.15, 0.2) is 22.9 Å². The molecule has 2 N–H and O–H groups in total. The van der Waals surface area contributed by atoms with E-state index in [9.17, 15) is 13.6 Å². The van der Waals surface area contributed by atoms with E-state index >= 15 is 0 Å². The van der Waals surface area contributed by atoms with Crippen LogP contribution in [-0.4, -0.2) is 16.1 Å². The summed E-state index contributed by atoms with van der Waals surface area (Å²) in [5, 5.41) is 8.44. The molecule has 0 aliphatic carbocycles. The van der Waals surface area contributed by atoms with Crippen molar-refractivity contribution in [2.75, 3.05) is 0 Å². The first kappa shape index (κ1) is 7.78. The normalized spacial score (nSPS) is 10.9. The second kappa shape index (κ2) is 2.32. The van der Waals surface area contributed by atoms with Crippen LogP contribution >= 0.6 is 0 Å². The Bertz CT molecular complexity index is 485. The van der Waals surface area contributed by atoms with Gasteiger partial charge in [-0.15, -0.1) is 0 Å². The number of hydrogen-bond acceptors (Lipinski definition) is 2. The van der Waals surface area contributed by atoms with Gasteiger partial charge in [-0.2, -0.15) is 0 Å². The van der Waals surface area contributed by atoms with Crippen LogP contribution in [0.5, 0.6) is 0 Å². The van der Waals surface area contributed by atoms with Gasteiger partial charge >= 0.3 is 5.97 Å². The molecule has 0 saturated carbocycles. The maximum atomic E-state index is 13.0. The number of aromatic nitrogens is 1. The van der Waals surface area contributed by atoms with Crippen LogP contribution in [0.3, 0.4) is 0 Å². The molecule has 0 fully saturated rings. The van der Waals surface area contributed by atoms with Gasteiger partial charge in [0, 0.05) is 0 Å². The van der Waals surface area contributed by atoms with E-state index in [4.69, 9.17) is 5.11 Å². The Morgan fingerprint density at radius 2 is 2.23 bits per heavy atom. The van der Waals surface area contributed by atoms with Gasteiger partial charge in [-0.25, -0.2) is 13.6 Å². The van der Waals surface area contributed by atoms with E-state index < -0.39 is 28.9 Å². The van der Waals surface area contributed by atoms with Crippen molar-refractivity contribution in [2.24, 2.45) is 0 Å². The predicted molar refractivity (Wildman–Crippen MR) is 37.4 cm³/mol. The fourth-order valence-corrected chi connectivity index (χ4v) is 1.06. The van der Waals surface area contributed by atoms with Crippen LogP contribution in [0.1, 0.15) is 10.5 Å². The van der Waals surface area contributed by atoms with Crippen LogP contribution < -0.4 is 0 Å². The van der Waals surface area contributed by atoms with Crippen LogP contribution in [0.4, 0.5) is 8.78 Å². The summed E-state index contributed by atoms with van der Waals surface area (Å²) in [4.78, 5) is 12.4. The molecule has 2 heterocycles. The van der Waals surface area contributed by atoms with E-state index in [1.54, 1.807) is 0 Å². The number of hydrogen-bond donors (Lipinski definition) is 2. The van der Waals surface area contributed by atoms with Crippen molar-refractivity contribution in [2.45, 2.75) is 0 Å². The molecule has 0 radical (unpaired) electrons. The maximum absolute atomic E-state index is 13.0. The molecule has 2 aromatic heterocycles. The van der Waals surface area contributed by atoms with Crippen LogP contribution in [0, 0.1) is 11.6 Å². The number of fused-ring (bicyclic) bond motifs is 1. The summed E-state index contributed by atoms with van der Waals surface area (Å²) in [6, 6.07) is 0. The zero-order chi connectivity index (χ0) is 9.59. The fraction of sp³-hybridized carbons (Fsp3) is 0. The van der Waals surface area contributed by atoms with Crippen LogP contribution in [0.2, 0.25) is 0 Å². The van der Waals surface area contributed by atoms with E-state index in [0.717, 1.165) is 0 Å². The molecular formula is C7H3F2NO3. The molecule has 0 amide bonds. The lowest BCUT2D eigenvalue weighted by atomic mass is 10.4. The van der Waals surface area contributed by atoms with Crippen LogP contribution in [-0.2, 0) is 0 Å². The number of aromatic amines is 1. The van der Waals surface area contributed by atoms with Crippen LogP contribution in [0.15, 0.2) is 10.7 Å². The van der Waals surface area contributed by atoms with Crippen molar-refractivity contribution < 1.29 is 23.1 Å². The minimum atomic E-state index is -1.50. The Labute approximate surface area is 69.8 Å². The number of carboxylic acid groups (broad SMARTS) is 1. The van der Waals surface area contributed by atoms with E-state index in [-0.39, 0.29) is 5.52 Å². The monoisotopic (exact) mass is 187 g/mol. The molecule has 2 rings (SSSR count). The fourth-order valence-electron chi connectivity index (χ4n) is 1.06. The maximum Gasteiger partial charge on any atom is 0.355 e. The third-order valence-corrected chi connectivity index (χ3v) is 1.63. The molecular weight excluding hydrogens is 184 g/mol. The van der Waals surface area contributed by atoms with Crippen molar-refractivity contribution in [1.82, 2.24) is 4.98 Å². The summed E-state index contributed by atoms with van der Waals surface area (Å²) in [6.45, 7) is 0. The predicted octanol–water partition coefficient (Wildman–Crippen LogP) is 1.74. The molecule has 0 unspecified atom stereocenters. The quantitative estimate of drug-likeness (QED) is 0.714. The molecule has 0 aliphatic rings. The third kappa shape index (κ3) is 0.915. The van der Waals surface area contributed by atoms with E-state index in [1.165, 1.54) is 0 Å². The minimum absolute atomic E-state index is 0.269. The lowest BCUT2D eigenvalue weighted by Gasteiger charge is -1.86. The highest BCUT2D eigenvalue weighted by molar-refractivity contribution is 5.92. The number of carbonyl (C=O) groups is 1. The topological polar surface area (TPSA) is 66.2 Å². The number of aromatic carboxylic acids is 1. The summed E-state index contributed by atoms with van der Waals surface area (Å²) >= 11 is 0. The van der Waals surface area contributed by atoms with Gasteiger partial charge in [0.05, 0.1) is 0 Å². The Hall–Kier alpha value is -1.85. The molecule has 4 nitrogen and oxygen atoms in total. The Morgan fingerprint density at radius 3 is 2.77 bits per heavy atom. The van der Waals surface area contributed by atoms with Gasteiger partial charge in [-0.05, 0) is 0 Å². The van der Waals surface area contributed by atoms with Gasteiger partial charge in [0.25, 0.3) is 0 Å². The molecule has 2 aromatic rings. The highest BCUT2D eigenvalue weighted by atomic mass is 19.1. The number of halogens is 2. The summed E-state index contributed by atoms with van der Waals surface area (Å²) in [7, 11) is 0. The summed E-state index contributed by atoms with van der Waals surface area (Å²) in [6.07, 6.45) is 0.704. The lowest BCUT2D eigenvalue weighted by molar-refractivity contribution is 0.0686. The molecule has 0 saturated heterocycles. The first-order valence-electron chi connectivity index (χ1n) is 3.28. The Kier molecular flexibility index (Phi) is 1.39. The third-order valence-electron chi connectivity index (χ3n) is 1.63. The van der Waals surface area contributed by atoms with E-state index in [1.807, 2.05) is 0 Å². The number of carboxylic acids is 1. The lowest BCUT2D eigenvalue weighted by Crippen LogP contribution is -1.98. The van der Waals surface area contributed by atoms with Gasteiger partial charge in [0.1, 0.15) is 11.8 Å². The Morgan fingerprint density at radius 1 is 1.54 bits per heavy atom. The van der Waals surface area contributed by atoms with Crippen molar-refractivity contribution in [3.63, 3.8) is 0 Å². The van der Waals surface area contributed by atoms with Gasteiger partial charge in [0.2, 0.25) is 0 Å². The molecule has 68 valence electrons. The second-order valence-corrected chi connectivity index (χ2v) is 2.41. The number of H-pyrrole nitrogens is 1. The number of furan rings is 1. The van der Waals surface area contributed by atoms with E-state index in [0.29, 0.717) is 6.26 Å². The van der Waals surface area contributed by atoms with Gasteiger partial charge in [-0.1, -0.05) is 0 Å². The van der Waals surface area contributed by atoms with Crippen molar-refractivity contribution >= 4 is 17.1 Å². The second-order valence-electron chi connectivity index (χ2n) is 2.41. The van der Waals surface area contributed by atoms with E-state index in [2.05, 4.69) is 9.40 Å². The molecule has 0 bridgehead atoms. The highest BCUT2D eigenvalue weighted by Crippen LogP contribution is 2.24. The summed E-state index contributed by atoms with van der Waals surface area (Å²) in [5.74, 6) is -3.41. The zero-order valence-corrected chi connectivity index (χ0v) is 6.10. The number of rotatable bonds is 1. The minimum Gasteiger partial charge on any atom is -0.476 e. The largest absolute Gasteiger partial charge is 0.476 e. The highest BCUT2D eigenvalue weighted by Gasteiger charge is 2.21. The van der Waals surface area contributed by atoms with Crippen molar-refractivity contribution in [1.29, 1.82) is 0 Å². The summed E-state index contributed by atoms with van der Waals surface area (Å²) < 4.78 is 30.2. The smallest absolute Gasteiger partial charge is 0.355 e. The first-order valence-corrected chi connectivity index (χ1v) is 3.28. The molecule has 0 spiro atoms. The molecule has 6 heteroatoms. The first-order chi connectivity index (χ1) is 6.11.